The van der Waals surface area contributed by atoms with E-state index >= 15 is 0 Å². The number of hydrogen-bond acceptors (Lipinski definition) is 2. The maximum atomic E-state index is 13.0. The van der Waals surface area contributed by atoms with Crippen LogP contribution >= 0.6 is 7.49 Å². The molecule has 2 aromatic heterocycles. The summed E-state index contributed by atoms with van der Waals surface area (Å²) in [6.45, 7) is 0. The third-order valence-corrected chi connectivity index (χ3v) is 20.5. The quantitative estimate of drug-likeness (QED) is 0.166. The van der Waals surface area contributed by atoms with Gasteiger partial charge in [0, 0.05) is 45.6 Å². The van der Waals surface area contributed by atoms with Crippen molar-refractivity contribution in [1.29, 1.82) is 0 Å². The van der Waals surface area contributed by atoms with Crippen molar-refractivity contribution in [2.45, 2.75) is 68.1 Å². The molecule has 1 fully saturated rings. The summed E-state index contributed by atoms with van der Waals surface area (Å²) in [7, 11) is -2.69. The third-order valence-electron chi connectivity index (χ3n) is 16.9. The number of nitrogens with two attached hydrogens (primary N) is 1. The van der Waals surface area contributed by atoms with Gasteiger partial charge in [0.25, 0.3) is 0 Å². The van der Waals surface area contributed by atoms with Gasteiger partial charge in [0.1, 0.15) is 22.0 Å². The second-order valence-corrected chi connectivity index (χ2v) is 23.0. The summed E-state index contributed by atoms with van der Waals surface area (Å²) >= 11 is 0. The molecule has 0 radical (unpaired) electrons. The standard InChI is InChI=1S/C61H49N3OP/c65-66(40-18-3-1-4-19-40,41-20-5-2-6-21-41)42-32-30-37(31-33-42)57-47-25-11-13-28-52(47)62-60(63-57)61-36-51(61)49-34-38-16-7-8-17-39(38)35-50(49)54-55-48-27-15-26-45-43-22-12-14-29-53(43)64(58(45)48)59(55)46-24-10-9-23-44(46)56(54)61/h1,3-5,7-10,12-24,26-32,34-35,42,51,54,56,60,62,65H,2,6,11,25,33,36H2/q+1/p+1. The number of aromatic nitrogens is 1. The summed E-state index contributed by atoms with van der Waals surface area (Å²) in [5, 5.41) is 11.5. The van der Waals surface area contributed by atoms with Crippen molar-refractivity contribution < 1.29 is 10.2 Å². The lowest BCUT2D eigenvalue weighted by Gasteiger charge is -2.46. The fourth-order valence-electron chi connectivity index (χ4n) is 14.1. The van der Waals surface area contributed by atoms with Gasteiger partial charge in [-0.05, 0) is 119 Å². The Morgan fingerprint density at radius 1 is 0.697 bits per heavy atom. The van der Waals surface area contributed by atoms with Crippen molar-refractivity contribution in [1.82, 2.24) is 4.40 Å². The summed E-state index contributed by atoms with van der Waals surface area (Å²) < 4.78 is 2.63. The van der Waals surface area contributed by atoms with E-state index in [0.29, 0.717) is 5.92 Å². The van der Waals surface area contributed by atoms with Gasteiger partial charge in [0.15, 0.2) is 6.17 Å². The lowest BCUT2D eigenvalue weighted by atomic mass is 9.58. The number of benzene rings is 6. The smallest absolute Gasteiger partial charge is 0.213 e. The van der Waals surface area contributed by atoms with E-state index in [4.69, 9.17) is 4.99 Å². The van der Waals surface area contributed by atoms with Gasteiger partial charge in [-0.15, -0.1) is 0 Å². The van der Waals surface area contributed by atoms with Crippen LogP contribution in [0, 0.1) is 5.41 Å². The summed E-state index contributed by atoms with van der Waals surface area (Å²) in [6, 6.07) is 50.2. The van der Waals surface area contributed by atoms with Gasteiger partial charge in [-0.1, -0.05) is 140 Å². The van der Waals surface area contributed by atoms with E-state index in [-0.39, 0.29) is 29.1 Å². The first kappa shape index (κ1) is 37.8. The Kier molecular flexibility index (Phi) is 7.90. The van der Waals surface area contributed by atoms with Crippen LogP contribution < -0.4 is 10.6 Å². The monoisotopic (exact) mass is 871 g/mol. The summed E-state index contributed by atoms with van der Waals surface area (Å²) in [5.74, 6) is 0.786. The molecule has 0 saturated heterocycles. The Morgan fingerprint density at radius 3 is 2.32 bits per heavy atom. The molecular weight excluding hydrogens is 822 g/mol. The van der Waals surface area contributed by atoms with Gasteiger partial charge >= 0.3 is 0 Å². The molecule has 3 heterocycles. The molecule has 0 spiro atoms. The number of nitrogens with zero attached hydrogens (tertiary/aromatic N) is 2. The first-order valence-corrected chi connectivity index (χ1v) is 26.1. The van der Waals surface area contributed by atoms with E-state index in [1.807, 2.05) is 0 Å². The molecule has 15 rings (SSSR count). The molecule has 0 bridgehead atoms. The molecule has 5 heteroatoms. The molecule has 4 nitrogen and oxygen atoms in total. The molecule has 7 unspecified atom stereocenters. The van der Waals surface area contributed by atoms with E-state index in [0.717, 1.165) is 49.1 Å². The summed E-state index contributed by atoms with van der Waals surface area (Å²) in [5.41, 5.74) is 16.4. The van der Waals surface area contributed by atoms with E-state index < -0.39 is 7.49 Å². The molecule has 0 amide bonds. The molecule has 8 aromatic rings. The highest BCUT2D eigenvalue weighted by Gasteiger charge is 2.72. The molecule has 66 heavy (non-hydrogen) atoms. The molecule has 318 valence electrons. The maximum Gasteiger partial charge on any atom is 0.213 e. The first-order chi connectivity index (χ1) is 32.6. The predicted molar refractivity (Wildman–Crippen MR) is 273 cm³/mol. The Hall–Kier alpha value is -6.42. The highest BCUT2D eigenvalue weighted by atomic mass is 31.2. The van der Waals surface area contributed by atoms with Crippen molar-refractivity contribution >= 4 is 56.5 Å². The van der Waals surface area contributed by atoms with Crippen LogP contribution in [-0.4, -0.2) is 26.8 Å². The van der Waals surface area contributed by atoms with E-state index in [2.05, 4.69) is 192 Å². The number of allylic oxidation sites excluding steroid dienone is 11. The first-order valence-electron chi connectivity index (χ1n) is 24.3. The largest absolute Gasteiger partial charge is 0.308 e. The van der Waals surface area contributed by atoms with Crippen molar-refractivity contribution in [2.24, 2.45) is 10.4 Å². The van der Waals surface area contributed by atoms with Gasteiger partial charge in [0.2, 0.25) is 7.49 Å². The zero-order valence-electron chi connectivity index (χ0n) is 36.8. The zero-order valence-corrected chi connectivity index (χ0v) is 37.7. The highest BCUT2D eigenvalue weighted by Crippen LogP contribution is 2.78. The van der Waals surface area contributed by atoms with Crippen LogP contribution in [0.4, 0.5) is 0 Å². The van der Waals surface area contributed by atoms with Crippen LogP contribution in [0.15, 0.2) is 209 Å². The summed E-state index contributed by atoms with van der Waals surface area (Å²) in [6.07, 6.45) is 24.5. The fraction of sp³-hybridized carbons (Fsp3) is 0.197. The minimum atomic E-state index is -2.69. The van der Waals surface area contributed by atoms with Crippen LogP contribution in [-0.2, 0) is 0 Å². The number of para-hydroxylation sites is 2. The molecule has 1 saturated carbocycles. The van der Waals surface area contributed by atoms with E-state index in [1.54, 1.807) is 0 Å². The topological polar surface area (TPSA) is 53.6 Å². The third kappa shape index (κ3) is 4.97. The van der Waals surface area contributed by atoms with Crippen LogP contribution in [0.2, 0.25) is 0 Å². The predicted octanol–water partition coefficient (Wildman–Crippen LogP) is 12.9. The molecule has 1 aliphatic heterocycles. The van der Waals surface area contributed by atoms with Gasteiger partial charge in [-0.2, -0.15) is 0 Å². The minimum absolute atomic E-state index is 0.00317. The normalized spacial score (nSPS) is 26.8. The summed E-state index contributed by atoms with van der Waals surface area (Å²) in [4.78, 5) is 19.1. The van der Waals surface area contributed by atoms with Crippen molar-refractivity contribution in [3.8, 4) is 11.3 Å². The molecule has 6 aromatic carbocycles. The average Bonchev–Trinajstić information content (AvgIpc) is 3.94. The lowest BCUT2D eigenvalue weighted by Crippen LogP contribution is -2.91. The number of hydrogen-bond donors (Lipinski definition) is 2. The Morgan fingerprint density at radius 2 is 1.47 bits per heavy atom. The Balaban J connectivity index is 0.919. The second-order valence-electron chi connectivity index (χ2n) is 20.0. The highest BCUT2D eigenvalue weighted by molar-refractivity contribution is 7.82. The maximum absolute atomic E-state index is 13.0. The molecule has 7 aliphatic rings. The van der Waals surface area contributed by atoms with Gasteiger partial charge in [-0.25, -0.2) is 9.89 Å². The van der Waals surface area contributed by atoms with Crippen LogP contribution in [0.25, 0.3) is 49.2 Å². The molecule has 3 N–H and O–H groups in total. The lowest BCUT2D eigenvalue weighted by molar-refractivity contribution is -0.651. The van der Waals surface area contributed by atoms with E-state index in [1.165, 1.54) is 94.0 Å². The Bertz CT molecular complexity index is 3640. The van der Waals surface area contributed by atoms with Gasteiger partial charge in [0.05, 0.1) is 27.9 Å². The number of quaternary nitrogens is 1. The second kappa shape index (κ2) is 13.8. The van der Waals surface area contributed by atoms with Crippen LogP contribution in [0.1, 0.15) is 78.5 Å². The van der Waals surface area contributed by atoms with Gasteiger partial charge in [-0.3, -0.25) is 5.32 Å². The van der Waals surface area contributed by atoms with Crippen LogP contribution in [0.5, 0.6) is 0 Å². The van der Waals surface area contributed by atoms with Gasteiger partial charge < -0.3 is 4.40 Å². The van der Waals surface area contributed by atoms with Crippen molar-refractivity contribution in [3.63, 3.8) is 0 Å². The fourth-order valence-corrected chi connectivity index (χ4v) is 17.3. The van der Waals surface area contributed by atoms with E-state index in [9.17, 15) is 4.89 Å². The van der Waals surface area contributed by atoms with Crippen LogP contribution in [0.3, 0.4) is 0 Å². The van der Waals surface area contributed by atoms with Crippen molar-refractivity contribution in [3.05, 3.63) is 226 Å². The number of fused-ring (bicyclic) bond motifs is 17. The Labute approximate surface area is 385 Å². The molecule has 6 aliphatic carbocycles. The molecule has 7 atom stereocenters. The zero-order chi connectivity index (χ0) is 43.3. The number of rotatable bonds is 5. The minimum Gasteiger partial charge on any atom is -0.308 e. The van der Waals surface area contributed by atoms with Crippen molar-refractivity contribution in [2.75, 3.05) is 0 Å². The SMILES string of the molecule is O[P+](C1=CCCC=C1)(c1ccccc1)C1C=CC(C2=NC(C34CC3c3cc5ccccc5cc3C3c5c(n6c7ccccc7c7cccc5c76)-c5ccccc5C34)[NH2+]C3=C2CCC=C3)=CC1. The molecular formula is C61H50N3OP+2. The average molecular weight is 872 g/mol. The number of aliphatic imine (C=N–C) groups is 1.